The van der Waals surface area contributed by atoms with Crippen molar-refractivity contribution in [2.24, 2.45) is 0 Å². The molecular weight excluding hydrogens is 274 g/mol. The Morgan fingerprint density at radius 1 is 1.48 bits per heavy atom. The van der Waals surface area contributed by atoms with Gasteiger partial charge in [-0.05, 0) is 12.1 Å². The summed E-state index contributed by atoms with van der Waals surface area (Å²) in [5.41, 5.74) is 0.694. The highest BCUT2D eigenvalue weighted by atomic mass is 16.5. The van der Waals surface area contributed by atoms with Gasteiger partial charge in [-0.3, -0.25) is 9.69 Å². The first-order valence-electron chi connectivity index (χ1n) is 6.64. The Labute approximate surface area is 123 Å². The summed E-state index contributed by atoms with van der Waals surface area (Å²) in [7, 11) is 3.13. The minimum absolute atomic E-state index is 0.217. The molecule has 114 valence electrons. The van der Waals surface area contributed by atoms with E-state index in [1.807, 2.05) is 0 Å². The Morgan fingerprint density at radius 2 is 2.29 bits per heavy atom. The van der Waals surface area contributed by atoms with Gasteiger partial charge in [0.2, 0.25) is 5.91 Å². The molecule has 1 atom stereocenters. The van der Waals surface area contributed by atoms with Gasteiger partial charge in [0.25, 0.3) is 0 Å². The lowest BCUT2D eigenvalue weighted by Gasteiger charge is -2.15. The van der Waals surface area contributed by atoms with Gasteiger partial charge in [0, 0.05) is 25.4 Å². The number of nitrogens with one attached hydrogen (secondary N) is 2. The first-order valence-corrected chi connectivity index (χ1v) is 6.64. The minimum atomic E-state index is -0.569. The molecular formula is C14H19N3O4. The topological polar surface area (TPSA) is 79.9 Å². The fourth-order valence-electron chi connectivity index (χ4n) is 2.09. The van der Waals surface area contributed by atoms with Crippen LogP contribution >= 0.6 is 0 Å². The Hall–Kier alpha value is -2.28. The molecule has 1 saturated heterocycles. The highest BCUT2D eigenvalue weighted by Gasteiger charge is 2.34. The normalized spacial score (nSPS) is 17.5. The zero-order valence-electron chi connectivity index (χ0n) is 12.1. The second-order valence-electron chi connectivity index (χ2n) is 4.60. The summed E-state index contributed by atoms with van der Waals surface area (Å²) in [5.74, 6) is 0.444. The zero-order valence-corrected chi connectivity index (χ0v) is 12.1. The van der Waals surface area contributed by atoms with Crippen molar-refractivity contribution in [3.05, 3.63) is 24.3 Å². The van der Waals surface area contributed by atoms with Crippen LogP contribution in [0.3, 0.4) is 0 Å². The molecule has 0 radical (unpaired) electrons. The van der Waals surface area contributed by atoms with E-state index in [1.165, 1.54) is 4.90 Å². The Bertz CT molecular complexity index is 521. The molecule has 0 spiro atoms. The molecule has 7 heteroatoms. The largest absolute Gasteiger partial charge is 0.497 e. The van der Waals surface area contributed by atoms with Crippen LogP contribution in [0.1, 0.15) is 0 Å². The van der Waals surface area contributed by atoms with Gasteiger partial charge in [-0.2, -0.15) is 0 Å². The standard InChI is InChI=1S/C14H19N3O4/c1-20-7-6-15-13(18)12-9-17(14(19)16-12)10-4-3-5-11(8-10)21-2/h3-5,8,12H,6-7,9H2,1-2H3,(H,15,18)(H,16,19). The third-order valence-electron chi connectivity index (χ3n) is 3.19. The Kier molecular flexibility index (Phi) is 4.99. The van der Waals surface area contributed by atoms with Crippen molar-refractivity contribution < 1.29 is 19.1 Å². The van der Waals surface area contributed by atoms with E-state index in [-0.39, 0.29) is 18.5 Å². The van der Waals surface area contributed by atoms with Gasteiger partial charge in [-0.25, -0.2) is 4.79 Å². The van der Waals surface area contributed by atoms with Crippen molar-refractivity contribution in [2.75, 3.05) is 38.8 Å². The van der Waals surface area contributed by atoms with Gasteiger partial charge in [0.15, 0.2) is 0 Å². The molecule has 3 amide bonds. The molecule has 0 saturated carbocycles. The number of ether oxygens (including phenoxy) is 2. The van der Waals surface area contributed by atoms with E-state index < -0.39 is 6.04 Å². The van der Waals surface area contributed by atoms with E-state index in [0.717, 1.165) is 0 Å². The van der Waals surface area contributed by atoms with E-state index >= 15 is 0 Å². The molecule has 2 rings (SSSR count). The number of urea groups is 1. The molecule has 1 fully saturated rings. The van der Waals surface area contributed by atoms with Gasteiger partial charge in [0.1, 0.15) is 11.8 Å². The van der Waals surface area contributed by atoms with Crippen molar-refractivity contribution >= 4 is 17.6 Å². The van der Waals surface area contributed by atoms with Crippen LogP contribution < -0.4 is 20.3 Å². The Balaban J connectivity index is 2.00. The first kappa shape index (κ1) is 15.1. The van der Waals surface area contributed by atoms with Crippen molar-refractivity contribution in [2.45, 2.75) is 6.04 Å². The van der Waals surface area contributed by atoms with Crippen molar-refractivity contribution in [3.63, 3.8) is 0 Å². The third-order valence-corrected chi connectivity index (χ3v) is 3.19. The van der Waals surface area contributed by atoms with E-state index in [1.54, 1.807) is 38.5 Å². The summed E-state index contributed by atoms with van der Waals surface area (Å²) in [6, 6.07) is 6.29. The number of benzene rings is 1. The number of methoxy groups -OCH3 is 2. The van der Waals surface area contributed by atoms with Gasteiger partial charge in [-0.1, -0.05) is 6.07 Å². The number of carbonyl (C=O) groups excluding carboxylic acids is 2. The summed E-state index contributed by atoms with van der Waals surface area (Å²) < 4.78 is 10.0. The smallest absolute Gasteiger partial charge is 0.322 e. The van der Waals surface area contributed by atoms with E-state index in [0.29, 0.717) is 24.6 Å². The van der Waals surface area contributed by atoms with Crippen molar-refractivity contribution in [3.8, 4) is 5.75 Å². The summed E-state index contributed by atoms with van der Waals surface area (Å²) in [5, 5.41) is 5.37. The number of rotatable bonds is 6. The van der Waals surface area contributed by atoms with Crippen LogP contribution in [0.25, 0.3) is 0 Å². The number of hydrogen-bond donors (Lipinski definition) is 2. The summed E-state index contributed by atoms with van der Waals surface area (Å²) in [6.45, 7) is 1.14. The monoisotopic (exact) mass is 293 g/mol. The highest BCUT2D eigenvalue weighted by Crippen LogP contribution is 2.23. The van der Waals surface area contributed by atoms with Gasteiger partial charge in [0.05, 0.1) is 20.3 Å². The minimum Gasteiger partial charge on any atom is -0.497 e. The third kappa shape index (κ3) is 3.63. The lowest BCUT2D eigenvalue weighted by Crippen LogP contribution is -2.43. The average molecular weight is 293 g/mol. The van der Waals surface area contributed by atoms with Crippen molar-refractivity contribution in [1.82, 2.24) is 10.6 Å². The van der Waals surface area contributed by atoms with Gasteiger partial charge in [-0.15, -0.1) is 0 Å². The number of nitrogens with zero attached hydrogens (tertiary/aromatic N) is 1. The predicted molar refractivity (Wildman–Crippen MR) is 77.5 cm³/mol. The number of carbonyl (C=O) groups is 2. The number of amides is 3. The number of hydrogen-bond acceptors (Lipinski definition) is 4. The predicted octanol–water partition coefficient (Wildman–Crippen LogP) is 0.356. The molecule has 1 aromatic carbocycles. The maximum absolute atomic E-state index is 12.0. The number of anilines is 1. The molecule has 1 aliphatic heterocycles. The second kappa shape index (κ2) is 6.94. The molecule has 0 aliphatic carbocycles. The lowest BCUT2D eigenvalue weighted by atomic mass is 10.2. The maximum atomic E-state index is 12.0. The van der Waals surface area contributed by atoms with E-state index in [9.17, 15) is 9.59 Å². The maximum Gasteiger partial charge on any atom is 0.322 e. The van der Waals surface area contributed by atoms with Crippen LogP contribution in [0.5, 0.6) is 5.75 Å². The van der Waals surface area contributed by atoms with E-state index in [4.69, 9.17) is 9.47 Å². The Morgan fingerprint density at radius 3 is 3.00 bits per heavy atom. The SMILES string of the molecule is COCCNC(=O)C1CN(c2cccc(OC)c2)C(=O)N1. The molecule has 1 aliphatic rings. The summed E-state index contributed by atoms with van der Waals surface area (Å²) in [4.78, 5) is 25.4. The quantitative estimate of drug-likeness (QED) is 0.742. The summed E-state index contributed by atoms with van der Waals surface area (Å²) >= 11 is 0. The molecule has 0 bridgehead atoms. The molecule has 2 N–H and O–H groups in total. The van der Waals surface area contributed by atoms with Crippen LogP contribution in [0.4, 0.5) is 10.5 Å². The molecule has 0 aromatic heterocycles. The van der Waals surface area contributed by atoms with Crippen LogP contribution in [0, 0.1) is 0 Å². The second-order valence-corrected chi connectivity index (χ2v) is 4.60. The highest BCUT2D eigenvalue weighted by molar-refractivity contribution is 6.00. The summed E-state index contributed by atoms with van der Waals surface area (Å²) in [6.07, 6.45) is 0. The lowest BCUT2D eigenvalue weighted by molar-refractivity contribution is -0.122. The first-order chi connectivity index (χ1) is 10.2. The molecule has 7 nitrogen and oxygen atoms in total. The molecule has 1 unspecified atom stereocenters. The van der Waals surface area contributed by atoms with Crippen LogP contribution in [0.15, 0.2) is 24.3 Å². The van der Waals surface area contributed by atoms with Crippen LogP contribution in [-0.2, 0) is 9.53 Å². The fourth-order valence-corrected chi connectivity index (χ4v) is 2.09. The average Bonchev–Trinajstić information content (AvgIpc) is 2.89. The zero-order chi connectivity index (χ0) is 15.2. The van der Waals surface area contributed by atoms with Crippen molar-refractivity contribution in [1.29, 1.82) is 0 Å². The fraction of sp³-hybridized carbons (Fsp3) is 0.429. The van der Waals surface area contributed by atoms with E-state index in [2.05, 4.69) is 10.6 Å². The molecule has 1 aromatic rings. The van der Waals surface area contributed by atoms with Crippen LogP contribution in [0.2, 0.25) is 0 Å². The molecule has 21 heavy (non-hydrogen) atoms. The van der Waals surface area contributed by atoms with Crippen LogP contribution in [-0.4, -0.2) is 51.9 Å². The molecule has 1 heterocycles. The van der Waals surface area contributed by atoms with Gasteiger partial charge < -0.3 is 20.1 Å². The van der Waals surface area contributed by atoms with Gasteiger partial charge >= 0.3 is 6.03 Å².